The summed E-state index contributed by atoms with van der Waals surface area (Å²) in [6.45, 7) is 19.6. The zero-order chi connectivity index (χ0) is 12.4. The van der Waals surface area contributed by atoms with Gasteiger partial charge in [-0.3, -0.25) is 4.79 Å². The molecule has 0 rings (SSSR count). The van der Waals surface area contributed by atoms with Crippen LogP contribution in [0.1, 0.15) is 6.92 Å². The minimum absolute atomic E-state index is 0.210. The summed E-state index contributed by atoms with van der Waals surface area (Å²) in [5.74, 6) is 0.316. The van der Waals surface area contributed by atoms with E-state index in [-0.39, 0.29) is 5.54 Å². The highest BCUT2D eigenvalue weighted by Crippen LogP contribution is 2.27. The molecule has 0 aliphatic heterocycles. The van der Waals surface area contributed by atoms with Gasteiger partial charge in [-0.2, -0.15) is 0 Å². The van der Waals surface area contributed by atoms with Crippen LogP contribution in [0.4, 0.5) is 0 Å². The Labute approximate surface area is 97.0 Å². The van der Waals surface area contributed by atoms with Gasteiger partial charge in [0, 0.05) is 13.6 Å². The predicted octanol–water partition coefficient (Wildman–Crippen LogP) is 4.18. The first-order chi connectivity index (χ1) is 6.45. The van der Waals surface area contributed by atoms with Gasteiger partial charge in [-0.05, 0) is 11.6 Å². The number of hydrogen-bond acceptors (Lipinski definition) is 1. The van der Waals surface area contributed by atoms with E-state index in [0.717, 1.165) is 11.6 Å². The molecule has 1 unspecified atom stereocenters. The fourth-order valence-corrected chi connectivity index (χ4v) is 3.87. The fourth-order valence-electron chi connectivity index (χ4n) is 1.43. The molecule has 15 heavy (non-hydrogen) atoms. The van der Waals surface area contributed by atoms with Crippen LogP contribution in [0.2, 0.25) is 50.9 Å². The van der Waals surface area contributed by atoms with Crippen molar-refractivity contribution in [1.82, 2.24) is 0 Å². The Hall–Kier alpha value is -0.156. The van der Waals surface area contributed by atoms with Crippen molar-refractivity contribution in [2.24, 2.45) is 0 Å². The Morgan fingerprint density at radius 1 is 1.13 bits per heavy atom. The Morgan fingerprint density at radius 3 is 1.80 bits per heavy atom. The second-order valence-corrected chi connectivity index (χ2v) is 17.9. The van der Waals surface area contributed by atoms with Crippen molar-refractivity contribution < 1.29 is 4.79 Å². The molecule has 88 valence electrons. The van der Waals surface area contributed by atoms with E-state index in [1.54, 1.807) is 0 Å². The summed E-state index contributed by atoms with van der Waals surface area (Å²) in [5, 5.41) is 0. The zero-order valence-corrected chi connectivity index (χ0v) is 13.4. The standard InChI is InChI=1S/C12H26OSi2/c1-10(9-14(3,4)5)12(13)11(2)15(6,7)8/h11H,1,9H2,2-8H3. The normalized spacial score (nSPS) is 14.9. The number of Topliss-reactive ketones (excluding diaryl/α,β-unsaturated/α-hetero) is 1. The molecular weight excluding hydrogens is 216 g/mol. The SMILES string of the molecule is C=C(C[Si](C)(C)C)C(=O)C(C)[Si](C)(C)C. The van der Waals surface area contributed by atoms with E-state index in [4.69, 9.17) is 0 Å². The maximum atomic E-state index is 12.1. The van der Waals surface area contributed by atoms with Gasteiger partial charge in [-0.25, -0.2) is 0 Å². The second-order valence-electron chi connectivity index (χ2n) is 6.79. The van der Waals surface area contributed by atoms with Gasteiger partial charge in [0.05, 0.1) is 8.07 Å². The summed E-state index contributed by atoms with van der Waals surface area (Å²) < 4.78 is 0. The molecule has 0 aromatic rings. The monoisotopic (exact) mass is 242 g/mol. The van der Waals surface area contributed by atoms with Gasteiger partial charge in [0.15, 0.2) is 5.78 Å². The lowest BCUT2D eigenvalue weighted by molar-refractivity contribution is -0.115. The molecule has 0 spiro atoms. The Balaban J connectivity index is 4.54. The van der Waals surface area contributed by atoms with Crippen molar-refractivity contribution in [2.75, 3.05) is 0 Å². The highest BCUT2D eigenvalue weighted by Gasteiger charge is 2.31. The van der Waals surface area contributed by atoms with Gasteiger partial charge in [-0.15, -0.1) is 0 Å². The Bertz CT molecular complexity index is 256. The van der Waals surface area contributed by atoms with Gasteiger partial charge >= 0.3 is 0 Å². The highest BCUT2D eigenvalue weighted by molar-refractivity contribution is 6.81. The van der Waals surface area contributed by atoms with Crippen LogP contribution in [0.3, 0.4) is 0 Å². The van der Waals surface area contributed by atoms with Gasteiger partial charge < -0.3 is 0 Å². The molecule has 0 fully saturated rings. The van der Waals surface area contributed by atoms with Crippen LogP contribution in [-0.2, 0) is 4.79 Å². The van der Waals surface area contributed by atoms with Crippen molar-refractivity contribution in [3.8, 4) is 0 Å². The topological polar surface area (TPSA) is 17.1 Å². The maximum absolute atomic E-state index is 12.1. The van der Waals surface area contributed by atoms with Crippen molar-refractivity contribution in [2.45, 2.75) is 57.8 Å². The lowest BCUT2D eigenvalue weighted by atomic mass is 10.2. The maximum Gasteiger partial charge on any atom is 0.158 e. The third-order valence-corrected chi connectivity index (χ3v) is 7.13. The summed E-state index contributed by atoms with van der Waals surface area (Å²) in [6.07, 6.45) is 0. The number of carbonyl (C=O) groups is 1. The first-order valence-corrected chi connectivity index (χ1v) is 13.0. The molecule has 0 saturated heterocycles. The van der Waals surface area contributed by atoms with Crippen LogP contribution in [0.25, 0.3) is 0 Å². The lowest BCUT2D eigenvalue weighted by Gasteiger charge is -2.26. The smallest absolute Gasteiger partial charge is 0.158 e. The predicted molar refractivity (Wildman–Crippen MR) is 75.1 cm³/mol. The van der Waals surface area contributed by atoms with Crippen molar-refractivity contribution in [3.63, 3.8) is 0 Å². The average Bonchev–Trinajstić information content (AvgIpc) is 1.96. The molecule has 0 aliphatic carbocycles. The van der Waals surface area contributed by atoms with Crippen LogP contribution >= 0.6 is 0 Å². The van der Waals surface area contributed by atoms with Crippen LogP contribution in [0.15, 0.2) is 12.2 Å². The third kappa shape index (κ3) is 5.47. The quantitative estimate of drug-likeness (QED) is 0.522. The number of carbonyl (C=O) groups excluding carboxylic acids is 1. The Kier molecular flexibility index (Phi) is 4.74. The van der Waals surface area contributed by atoms with Crippen molar-refractivity contribution in [1.29, 1.82) is 0 Å². The van der Waals surface area contributed by atoms with Crippen LogP contribution in [-0.4, -0.2) is 21.9 Å². The Morgan fingerprint density at radius 2 is 1.53 bits per heavy atom. The van der Waals surface area contributed by atoms with Crippen LogP contribution in [0.5, 0.6) is 0 Å². The van der Waals surface area contributed by atoms with E-state index < -0.39 is 16.1 Å². The summed E-state index contributed by atoms with van der Waals surface area (Å²) >= 11 is 0. The molecule has 1 atom stereocenters. The largest absolute Gasteiger partial charge is 0.295 e. The van der Waals surface area contributed by atoms with E-state index in [9.17, 15) is 4.79 Å². The van der Waals surface area contributed by atoms with E-state index in [0.29, 0.717) is 5.78 Å². The van der Waals surface area contributed by atoms with E-state index in [1.165, 1.54) is 0 Å². The van der Waals surface area contributed by atoms with E-state index in [2.05, 4.69) is 52.8 Å². The molecule has 1 nitrogen and oxygen atoms in total. The molecule has 3 heteroatoms. The van der Waals surface area contributed by atoms with E-state index in [1.807, 2.05) is 0 Å². The molecule has 0 radical (unpaired) electrons. The summed E-state index contributed by atoms with van der Waals surface area (Å²) in [6, 6.07) is 0.945. The van der Waals surface area contributed by atoms with Crippen molar-refractivity contribution >= 4 is 21.9 Å². The summed E-state index contributed by atoms with van der Waals surface area (Å²) in [7, 11) is -2.55. The lowest BCUT2D eigenvalue weighted by Crippen LogP contribution is -2.33. The molecule has 0 saturated carbocycles. The highest BCUT2D eigenvalue weighted by atomic mass is 28.3. The first kappa shape index (κ1) is 14.8. The number of rotatable bonds is 5. The van der Waals surface area contributed by atoms with Gasteiger partial charge in [0.25, 0.3) is 0 Å². The van der Waals surface area contributed by atoms with Gasteiger partial charge in [-0.1, -0.05) is 52.8 Å². The average molecular weight is 243 g/mol. The molecule has 0 N–H and O–H groups in total. The van der Waals surface area contributed by atoms with Gasteiger partial charge in [0.1, 0.15) is 0 Å². The van der Waals surface area contributed by atoms with Gasteiger partial charge in [0.2, 0.25) is 0 Å². The molecule has 0 bridgehead atoms. The van der Waals surface area contributed by atoms with E-state index >= 15 is 0 Å². The molecular formula is C12H26OSi2. The fraction of sp³-hybridized carbons (Fsp3) is 0.750. The number of allylic oxidation sites excluding steroid dienone is 1. The zero-order valence-electron chi connectivity index (χ0n) is 11.4. The molecule has 0 amide bonds. The molecule has 0 heterocycles. The second kappa shape index (κ2) is 4.79. The van der Waals surface area contributed by atoms with Crippen LogP contribution < -0.4 is 0 Å². The summed E-state index contributed by atoms with van der Waals surface area (Å²) in [5.41, 5.74) is 1.07. The van der Waals surface area contributed by atoms with Crippen LogP contribution in [0, 0.1) is 0 Å². The number of hydrogen-bond donors (Lipinski definition) is 0. The third-order valence-electron chi connectivity index (χ3n) is 2.78. The minimum atomic E-state index is -1.36. The first-order valence-electron chi connectivity index (χ1n) is 5.67. The molecule has 0 aromatic heterocycles. The summed E-state index contributed by atoms with van der Waals surface area (Å²) in [4.78, 5) is 12.1. The minimum Gasteiger partial charge on any atom is -0.295 e. The number of ketones is 1. The molecule has 0 aliphatic rings. The van der Waals surface area contributed by atoms with Crippen molar-refractivity contribution in [3.05, 3.63) is 12.2 Å². The molecule has 0 aromatic carbocycles.